The minimum absolute atomic E-state index is 0.0230. The molecule has 1 rings (SSSR count). The molecule has 0 radical (unpaired) electrons. The molecule has 1 aromatic rings. The van der Waals surface area contributed by atoms with Crippen molar-refractivity contribution in [2.45, 2.75) is 25.2 Å². The molecule has 0 saturated heterocycles. The highest BCUT2D eigenvalue weighted by atomic mass is 35.5. The van der Waals surface area contributed by atoms with E-state index >= 15 is 0 Å². The summed E-state index contributed by atoms with van der Waals surface area (Å²) in [5.41, 5.74) is 2.27. The van der Waals surface area contributed by atoms with Crippen molar-refractivity contribution in [2.24, 2.45) is 11.8 Å². The first-order chi connectivity index (χ1) is 8.40. The fourth-order valence-electron chi connectivity index (χ4n) is 1.15. The van der Waals surface area contributed by atoms with E-state index in [2.05, 4.69) is 15.1 Å². The smallest absolute Gasteiger partial charge is 0.242 e. The zero-order valence-electron chi connectivity index (χ0n) is 10.3. The Labute approximate surface area is 112 Å². The van der Waals surface area contributed by atoms with Crippen LogP contribution in [0.5, 0.6) is 0 Å². The molecule has 6 nitrogen and oxygen atoms in total. The molecule has 0 saturated carbocycles. The van der Waals surface area contributed by atoms with E-state index in [1.54, 1.807) is 0 Å². The Hall–Kier alpha value is -0.890. The highest BCUT2D eigenvalue weighted by molar-refractivity contribution is 7.89. The van der Waals surface area contributed by atoms with Crippen molar-refractivity contribution in [1.82, 2.24) is 9.71 Å². The fourth-order valence-corrected chi connectivity index (χ4v) is 2.57. The third-order valence-electron chi connectivity index (χ3n) is 2.58. The number of nitrogens with zero attached hydrogens (tertiary/aromatic N) is 1. The van der Waals surface area contributed by atoms with Gasteiger partial charge < -0.3 is 5.43 Å². The summed E-state index contributed by atoms with van der Waals surface area (Å²) in [7, 11) is -3.58. The number of hydrogen-bond donors (Lipinski definition) is 3. The Bertz CT molecular complexity index is 507. The van der Waals surface area contributed by atoms with E-state index in [0.29, 0.717) is 6.54 Å². The van der Waals surface area contributed by atoms with Gasteiger partial charge in [0.1, 0.15) is 4.90 Å². The minimum Gasteiger partial charge on any atom is -0.307 e. The van der Waals surface area contributed by atoms with E-state index in [1.165, 1.54) is 12.3 Å². The molecule has 0 bridgehead atoms. The number of aromatic nitrogens is 1. The molecular formula is C10H17ClN4O2S. The number of sulfonamides is 1. The molecule has 1 atom stereocenters. The largest absolute Gasteiger partial charge is 0.307 e. The minimum atomic E-state index is -3.58. The van der Waals surface area contributed by atoms with Crippen molar-refractivity contribution in [1.29, 1.82) is 0 Å². The van der Waals surface area contributed by atoms with Crippen molar-refractivity contribution in [2.75, 3.05) is 12.0 Å². The molecule has 1 aromatic heterocycles. The summed E-state index contributed by atoms with van der Waals surface area (Å²) >= 11 is 5.83. The Balaban J connectivity index is 2.88. The van der Waals surface area contributed by atoms with Gasteiger partial charge in [0.15, 0.2) is 5.82 Å². The molecule has 4 N–H and O–H groups in total. The number of pyridine rings is 1. The van der Waals surface area contributed by atoms with Crippen molar-refractivity contribution >= 4 is 27.4 Å². The Morgan fingerprint density at radius 2 is 2.22 bits per heavy atom. The van der Waals surface area contributed by atoms with Gasteiger partial charge in [0, 0.05) is 12.7 Å². The first-order valence-electron chi connectivity index (χ1n) is 5.52. The van der Waals surface area contributed by atoms with Crippen LogP contribution in [0.1, 0.15) is 20.3 Å². The van der Waals surface area contributed by atoms with Gasteiger partial charge in [-0.05, 0) is 12.0 Å². The maximum atomic E-state index is 11.9. The quantitative estimate of drug-likeness (QED) is 0.543. The first-order valence-corrected chi connectivity index (χ1v) is 7.38. The first kappa shape index (κ1) is 15.2. The fraction of sp³-hybridized carbons (Fsp3) is 0.500. The molecule has 0 spiro atoms. The second-order valence-electron chi connectivity index (χ2n) is 4.01. The monoisotopic (exact) mass is 292 g/mol. The van der Waals surface area contributed by atoms with Gasteiger partial charge in [-0.1, -0.05) is 31.9 Å². The Morgan fingerprint density at radius 3 is 2.72 bits per heavy atom. The summed E-state index contributed by atoms with van der Waals surface area (Å²) in [4.78, 5) is 3.85. The molecule has 0 aliphatic rings. The number of anilines is 1. The molecule has 8 heteroatoms. The van der Waals surface area contributed by atoms with E-state index in [1.807, 2.05) is 13.8 Å². The van der Waals surface area contributed by atoms with Gasteiger partial charge in [-0.25, -0.2) is 24.0 Å². The van der Waals surface area contributed by atoms with Crippen LogP contribution >= 0.6 is 11.6 Å². The van der Waals surface area contributed by atoms with Gasteiger partial charge in [0.2, 0.25) is 10.0 Å². The summed E-state index contributed by atoms with van der Waals surface area (Å²) < 4.78 is 26.4. The third kappa shape index (κ3) is 3.81. The number of hydrogen-bond acceptors (Lipinski definition) is 5. The summed E-state index contributed by atoms with van der Waals surface area (Å²) in [6, 6.07) is 1.31. The maximum absolute atomic E-state index is 11.9. The third-order valence-corrected chi connectivity index (χ3v) is 4.26. The second kappa shape index (κ2) is 6.33. The van der Waals surface area contributed by atoms with Crippen LogP contribution in [0, 0.1) is 5.92 Å². The lowest BCUT2D eigenvalue weighted by molar-refractivity contribution is 0.528. The molecule has 0 fully saturated rings. The molecule has 0 aromatic carbocycles. The van der Waals surface area contributed by atoms with Crippen molar-refractivity contribution in [3.05, 3.63) is 17.3 Å². The molecule has 1 unspecified atom stereocenters. The highest BCUT2D eigenvalue weighted by Gasteiger charge is 2.16. The van der Waals surface area contributed by atoms with Crippen LogP contribution in [-0.2, 0) is 10.0 Å². The van der Waals surface area contributed by atoms with Gasteiger partial charge in [0.05, 0.1) is 5.02 Å². The van der Waals surface area contributed by atoms with Crippen LogP contribution in [0.3, 0.4) is 0 Å². The average molecular weight is 293 g/mol. The number of halogens is 1. The van der Waals surface area contributed by atoms with Crippen LogP contribution < -0.4 is 16.0 Å². The zero-order valence-corrected chi connectivity index (χ0v) is 11.8. The van der Waals surface area contributed by atoms with Crippen molar-refractivity contribution < 1.29 is 8.42 Å². The van der Waals surface area contributed by atoms with Gasteiger partial charge in [0.25, 0.3) is 0 Å². The van der Waals surface area contributed by atoms with Crippen LogP contribution in [-0.4, -0.2) is 19.9 Å². The van der Waals surface area contributed by atoms with Crippen LogP contribution in [0.4, 0.5) is 5.82 Å². The molecule has 18 heavy (non-hydrogen) atoms. The topological polar surface area (TPSA) is 97.1 Å². The van der Waals surface area contributed by atoms with Gasteiger partial charge >= 0.3 is 0 Å². The van der Waals surface area contributed by atoms with Gasteiger partial charge in [-0.3, -0.25) is 0 Å². The lowest BCUT2D eigenvalue weighted by Gasteiger charge is -2.11. The van der Waals surface area contributed by atoms with E-state index in [9.17, 15) is 8.42 Å². The molecule has 1 heterocycles. The SMILES string of the molecule is CCC(C)CNS(=O)(=O)c1cnc(NN)c(Cl)c1. The molecule has 0 amide bonds. The van der Waals surface area contributed by atoms with E-state index in [4.69, 9.17) is 17.4 Å². The number of hydrazine groups is 1. The number of nitrogen functional groups attached to an aromatic ring is 1. The Kier molecular flexibility index (Phi) is 5.33. The van der Waals surface area contributed by atoms with E-state index in [-0.39, 0.29) is 21.7 Å². The van der Waals surface area contributed by atoms with Gasteiger partial charge in [-0.15, -0.1) is 0 Å². The summed E-state index contributed by atoms with van der Waals surface area (Å²) in [6.07, 6.45) is 2.11. The summed E-state index contributed by atoms with van der Waals surface area (Å²) in [5, 5.41) is 0.156. The van der Waals surface area contributed by atoms with Crippen LogP contribution in [0.15, 0.2) is 17.2 Å². The number of nitrogens with one attached hydrogen (secondary N) is 2. The Morgan fingerprint density at radius 1 is 1.56 bits per heavy atom. The second-order valence-corrected chi connectivity index (χ2v) is 6.19. The normalized spacial score (nSPS) is 13.3. The molecular weight excluding hydrogens is 276 g/mol. The molecule has 0 aliphatic heterocycles. The predicted molar refractivity (Wildman–Crippen MR) is 71.7 cm³/mol. The molecule has 102 valence electrons. The van der Waals surface area contributed by atoms with Crippen LogP contribution in [0.25, 0.3) is 0 Å². The number of nitrogens with two attached hydrogens (primary N) is 1. The lowest BCUT2D eigenvalue weighted by Crippen LogP contribution is -2.28. The maximum Gasteiger partial charge on any atom is 0.242 e. The standard InChI is InChI=1S/C10H17ClN4O2S/c1-3-7(2)5-14-18(16,17)8-4-9(11)10(15-12)13-6-8/h4,6-7,14H,3,5,12H2,1-2H3,(H,13,15). The van der Waals surface area contributed by atoms with Crippen LogP contribution in [0.2, 0.25) is 5.02 Å². The number of rotatable bonds is 6. The highest BCUT2D eigenvalue weighted by Crippen LogP contribution is 2.21. The lowest BCUT2D eigenvalue weighted by atomic mass is 10.1. The summed E-state index contributed by atoms with van der Waals surface area (Å²) in [5.74, 6) is 5.67. The summed E-state index contributed by atoms with van der Waals surface area (Å²) in [6.45, 7) is 4.35. The average Bonchev–Trinajstić information content (AvgIpc) is 2.35. The molecule has 0 aliphatic carbocycles. The van der Waals surface area contributed by atoms with Gasteiger partial charge in [-0.2, -0.15) is 0 Å². The predicted octanol–water partition coefficient (Wildman–Crippen LogP) is 1.35. The van der Waals surface area contributed by atoms with Crippen molar-refractivity contribution in [3.8, 4) is 0 Å². The van der Waals surface area contributed by atoms with E-state index in [0.717, 1.165) is 6.42 Å². The van der Waals surface area contributed by atoms with E-state index < -0.39 is 10.0 Å². The zero-order chi connectivity index (χ0) is 13.8. The van der Waals surface area contributed by atoms with Crippen molar-refractivity contribution in [3.63, 3.8) is 0 Å².